The number of carbonyl (C=O) groups is 1. The van der Waals surface area contributed by atoms with Crippen molar-refractivity contribution in [3.8, 4) is 5.69 Å². The second-order valence-corrected chi connectivity index (χ2v) is 7.84. The van der Waals surface area contributed by atoms with Gasteiger partial charge in [0, 0.05) is 11.3 Å². The van der Waals surface area contributed by atoms with Crippen LogP contribution in [0.3, 0.4) is 0 Å². The molecule has 3 aromatic carbocycles. The normalized spacial score (nSPS) is 15.0. The molecule has 4 aromatic rings. The van der Waals surface area contributed by atoms with Crippen molar-refractivity contribution in [3.05, 3.63) is 124 Å². The lowest BCUT2D eigenvalue weighted by Crippen LogP contribution is -2.24. The molecule has 1 aromatic heterocycles. The number of nitrogens with zero attached hydrogens (tertiary/aromatic N) is 3. The molecule has 0 bridgehead atoms. The Labute approximate surface area is 191 Å². The van der Waals surface area contributed by atoms with Crippen LogP contribution in [0.5, 0.6) is 0 Å². The van der Waals surface area contributed by atoms with E-state index in [0.29, 0.717) is 33.8 Å². The van der Waals surface area contributed by atoms with Crippen LogP contribution in [0.25, 0.3) is 11.3 Å². The summed E-state index contributed by atoms with van der Waals surface area (Å²) in [7, 11) is 0. The standard InChI is InChI=1S/C27H22N4O2/c1-18-23(26(32)30(28-18)21-14-8-4-9-15-21)25(20-12-6-3-7-13-20)24-19(2)29-31(27(24)33)22-16-10-5-11-17-22/h3-17,28H,1-2H3/b25-24-. The highest BCUT2D eigenvalue weighted by Gasteiger charge is 2.34. The molecule has 1 N–H and O–H groups in total. The lowest BCUT2D eigenvalue weighted by molar-refractivity contribution is -0.114. The average molecular weight is 434 g/mol. The monoisotopic (exact) mass is 434 g/mol. The van der Waals surface area contributed by atoms with Gasteiger partial charge >= 0.3 is 0 Å². The molecule has 0 saturated carbocycles. The SMILES string of the molecule is CC1=NN(c2ccccc2)C(=O)/C1=C(/c1ccccc1)c1c(C)[nH]n(-c2ccccc2)c1=O. The zero-order valence-electron chi connectivity index (χ0n) is 18.3. The predicted octanol–water partition coefficient (Wildman–Crippen LogP) is 4.70. The second-order valence-electron chi connectivity index (χ2n) is 7.84. The van der Waals surface area contributed by atoms with E-state index in [1.807, 2.05) is 97.9 Å². The van der Waals surface area contributed by atoms with Crippen LogP contribution in [0, 0.1) is 6.92 Å². The minimum atomic E-state index is -0.260. The number of benzene rings is 3. The van der Waals surface area contributed by atoms with E-state index in [2.05, 4.69) is 10.2 Å². The molecule has 2 heterocycles. The maximum Gasteiger partial charge on any atom is 0.281 e. The molecule has 0 spiro atoms. The Morgan fingerprint density at radius 1 is 0.758 bits per heavy atom. The molecule has 33 heavy (non-hydrogen) atoms. The molecule has 5 rings (SSSR count). The van der Waals surface area contributed by atoms with Gasteiger partial charge in [0.1, 0.15) is 0 Å². The van der Waals surface area contributed by atoms with Crippen molar-refractivity contribution < 1.29 is 4.79 Å². The summed E-state index contributed by atoms with van der Waals surface area (Å²) < 4.78 is 1.51. The van der Waals surface area contributed by atoms with Crippen molar-refractivity contribution in [1.29, 1.82) is 0 Å². The molecule has 6 nitrogen and oxygen atoms in total. The molecular formula is C27H22N4O2. The van der Waals surface area contributed by atoms with Crippen LogP contribution >= 0.6 is 0 Å². The Morgan fingerprint density at radius 2 is 1.30 bits per heavy atom. The molecule has 1 aliphatic heterocycles. The lowest BCUT2D eigenvalue weighted by atomic mass is 9.91. The Morgan fingerprint density at radius 3 is 1.91 bits per heavy atom. The largest absolute Gasteiger partial charge is 0.295 e. The predicted molar refractivity (Wildman–Crippen MR) is 131 cm³/mol. The minimum absolute atomic E-state index is 0.219. The first-order valence-corrected chi connectivity index (χ1v) is 10.7. The number of aromatic amines is 1. The Hall–Kier alpha value is -4.45. The van der Waals surface area contributed by atoms with E-state index in [9.17, 15) is 9.59 Å². The van der Waals surface area contributed by atoms with Gasteiger partial charge in [-0.3, -0.25) is 14.7 Å². The number of H-pyrrole nitrogens is 1. The number of amides is 1. The Balaban J connectivity index is 1.76. The van der Waals surface area contributed by atoms with Gasteiger partial charge in [-0.2, -0.15) is 10.1 Å². The quantitative estimate of drug-likeness (QED) is 0.473. The van der Waals surface area contributed by atoms with Gasteiger partial charge in [0.2, 0.25) is 0 Å². The summed E-state index contributed by atoms with van der Waals surface area (Å²) in [6.45, 7) is 3.65. The molecule has 0 aliphatic carbocycles. The summed E-state index contributed by atoms with van der Waals surface area (Å²) in [6.07, 6.45) is 0. The zero-order valence-corrected chi connectivity index (χ0v) is 18.3. The van der Waals surface area contributed by atoms with Gasteiger partial charge in [-0.25, -0.2) is 4.68 Å². The Kier molecular flexibility index (Phi) is 5.11. The number of hydrogen-bond acceptors (Lipinski definition) is 3. The average Bonchev–Trinajstić information content (AvgIpc) is 3.31. The van der Waals surface area contributed by atoms with Crippen LogP contribution < -0.4 is 10.6 Å². The van der Waals surface area contributed by atoms with E-state index >= 15 is 0 Å². The molecule has 1 amide bonds. The topological polar surface area (TPSA) is 70.5 Å². The number of hydrazone groups is 1. The molecule has 0 fully saturated rings. The molecule has 0 atom stereocenters. The van der Waals surface area contributed by atoms with Gasteiger partial charge in [-0.15, -0.1) is 0 Å². The first-order chi connectivity index (χ1) is 16.1. The van der Waals surface area contributed by atoms with Crippen molar-refractivity contribution in [2.45, 2.75) is 13.8 Å². The fraction of sp³-hybridized carbons (Fsp3) is 0.0741. The fourth-order valence-corrected chi connectivity index (χ4v) is 4.16. The molecule has 0 saturated heterocycles. The van der Waals surface area contributed by atoms with E-state index in [0.717, 1.165) is 11.3 Å². The number of aryl methyl sites for hydroxylation is 1. The summed E-state index contributed by atoms with van der Waals surface area (Å²) in [4.78, 5) is 27.3. The van der Waals surface area contributed by atoms with E-state index in [-0.39, 0.29) is 11.5 Å². The number of aromatic nitrogens is 2. The number of hydrogen-bond donors (Lipinski definition) is 1. The third-order valence-corrected chi connectivity index (χ3v) is 5.67. The highest BCUT2D eigenvalue weighted by molar-refractivity contribution is 6.34. The molecule has 6 heteroatoms. The van der Waals surface area contributed by atoms with Crippen molar-refractivity contribution in [2.75, 3.05) is 5.01 Å². The molecule has 0 unspecified atom stereocenters. The minimum Gasteiger partial charge on any atom is -0.295 e. The van der Waals surface area contributed by atoms with Crippen LogP contribution in [0.1, 0.15) is 23.7 Å². The highest BCUT2D eigenvalue weighted by Crippen LogP contribution is 2.33. The van der Waals surface area contributed by atoms with Gasteiger partial charge in [-0.05, 0) is 43.7 Å². The van der Waals surface area contributed by atoms with E-state index in [1.165, 1.54) is 9.69 Å². The van der Waals surface area contributed by atoms with E-state index < -0.39 is 0 Å². The number of rotatable bonds is 4. The van der Waals surface area contributed by atoms with Gasteiger partial charge < -0.3 is 0 Å². The van der Waals surface area contributed by atoms with Crippen LogP contribution in [0.4, 0.5) is 5.69 Å². The fourth-order valence-electron chi connectivity index (χ4n) is 4.16. The third-order valence-electron chi connectivity index (χ3n) is 5.67. The molecule has 0 radical (unpaired) electrons. The van der Waals surface area contributed by atoms with Crippen molar-refractivity contribution in [2.24, 2.45) is 5.10 Å². The summed E-state index contributed by atoms with van der Waals surface area (Å²) in [5.74, 6) is -0.260. The molecule has 162 valence electrons. The first-order valence-electron chi connectivity index (χ1n) is 10.7. The summed E-state index contributed by atoms with van der Waals surface area (Å²) >= 11 is 0. The maximum atomic E-state index is 13.7. The lowest BCUT2D eigenvalue weighted by Gasteiger charge is -2.14. The van der Waals surface area contributed by atoms with Crippen LogP contribution in [0.2, 0.25) is 0 Å². The van der Waals surface area contributed by atoms with Crippen LogP contribution in [0.15, 0.2) is 106 Å². The van der Waals surface area contributed by atoms with Crippen LogP contribution in [-0.4, -0.2) is 21.4 Å². The number of anilines is 1. The van der Waals surface area contributed by atoms with Crippen LogP contribution in [-0.2, 0) is 4.79 Å². The summed E-state index contributed by atoms with van der Waals surface area (Å²) in [6, 6.07) is 28.2. The van der Waals surface area contributed by atoms with Gasteiger partial charge in [0.15, 0.2) is 0 Å². The van der Waals surface area contributed by atoms with E-state index in [1.54, 1.807) is 6.92 Å². The van der Waals surface area contributed by atoms with Crippen molar-refractivity contribution in [3.63, 3.8) is 0 Å². The van der Waals surface area contributed by atoms with Crippen molar-refractivity contribution in [1.82, 2.24) is 9.78 Å². The molecular weight excluding hydrogens is 412 g/mol. The maximum absolute atomic E-state index is 13.7. The number of para-hydroxylation sites is 2. The first kappa shape index (κ1) is 20.5. The third kappa shape index (κ3) is 3.51. The van der Waals surface area contributed by atoms with Crippen molar-refractivity contribution >= 4 is 22.9 Å². The molecule has 1 aliphatic rings. The summed E-state index contributed by atoms with van der Waals surface area (Å²) in [5.41, 5.74) is 4.66. The Bertz CT molecular complexity index is 1450. The second kappa shape index (κ2) is 8.24. The van der Waals surface area contributed by atoms with E-state index in [4.69, 9.17) is 0 Å². The zero-order chi connectivity index (χ0) is 22.9. The number of carbonyl (C=O) groups excluding carboxylic acids is 1. The summed E-state index contributed by atoms with van der Waals surface area (Å²) in [5, 5.41) is 9.12. The smallest absolute Gasteiger partial charge is 0.281 e. The van der Waals surface area contributed by atoms with Gasteiger partial charge in [0.25, 0.3) is 11.5 Å². The van der Waals surface area contributed by atoms with Gasteiger partial charge in [-0.1, -0.05) is 66.7 Å². The highest BCUT2D eigenvalue weighted by atomic mass is 16.2. The van der Waals surface area contributed by atoms with Gasteiger partial charge in [0.05, 0.1) is 28.2 Å². The number of nitrogens with one attached hydrogen (secondary N) is 1.